The number of rotatable bonds is 5. The van der Waals surface area contributed by atoms with Crippen molar-refractivity contribution in [2.24, 2.45) is 11.8 Å². The molecule has 3 N–H and O–H groups in total. The zero-order valence-corrected chi connectivity index (χ0v) is 14.1. The molecule has 1 heterocycles. The Labute approximate surface area is 133 Å². The lowest BCUT2D eigenvalue weighted by molar-refractivity contribution is 0.101. The van der Waals surface area contributed by atoms with Crippen LogP contribution in [-0.4, -0.2) is 49.8 Å². The van der Waals surface area contributed by atoms with Gasteiger partial charge >= 0.3 is 6.03 Å². The number of amides is 2. The van der Waals surface area contributed by atoms with E-state index < -0.39 is 15.4 Å². The standard InChI is InChI=1S/C15H28N2O4S/c1-15(11-18,13-5-3-2-4-6-13)17-14(19)16-9-12-7-8-22(20,21)10-12/h12-13,18H,2-11H2,1H3,(H2,16,17,19)/t12-,15+/m0/s1. The quantitative estimate of drug-likeness (QED) is 0.701. The van der Waals surface area contributed by atoms with Crippen LogP contribution in [0, 0.1) is 11.8 Å². The Morgan fingerprint density at radius 3 is 2.45 bits per heavy atom. The summed E-state index contributed by atoms with van der Waals surface area (Å²) in [4.78, 5) is 12.1. The zero-order chi connectivity index (χ0) is 16.2. The minimum Gasteiger partial charge on any atom is -0.394 e. The van der Waals surface area contributed by atoms with E-state index in [9.17, 15) is 18.3 Å². The molecule has 1 saturated carbocycles. The highest BCUT2D eigenvalue weighted by atomic mass is 32.2. The molecule has 0 aromatic carbocycles. The van der Waals surface area contributed by atoms with E-state index in [2.05, 4.69) is 10.6 Å². The maximum absolute atomic E-state index is 12.1. The van der Waals surface area contributed by atoms with Gasteiger partial charge in [-0.2, -0.15) is 0 Å². The van der Waals surface area contributed by atoms with Crippen LogP contribution in [0.2, 0.25) is 0 Å². The van der Waals surface area contributed by atoms with Crippen LogP contribution >= 0.6 is 0 Å². The molecule has 22 heavy (non-hydrogen) atoms. The van der Waals surface area contributed by atoms with Crippen molar-refractivity contribution >= 4 is 15.9 Å². The minimum atomic E-state index is -2.91. The Hall–Kier alpha value is -0.820. The Kier molecular flexibility index (Phi) is 5.71. The van der Waals surface area contributed by atoms with Gasteiger partial charge in [-0.3, -0.25) is 0 Å². The molecule has 1 aliphatic carbocycles. The largest absolute Gasteiger partial charge is 0.394 e. The number of aliphatic hydroxyl groups is 1. The third kappa shape index (κ3) is 4.59. The maximum atomic E-state index is 12.1. The smallest absolute Gasteiger partial charge is 0.315 e. The number of hydrogen-bond acceptors (Lipinski definition) is 4. The van der Waals surface area contributed by atoms with E-state index in [1.165, 1.54) is 6.42 Å². The minimum absolute atomic E-state index is 0.00538. The normalized spacial score (nSPS) is 28.0. The monoisotopic (exact) mass is 332 g/mol. The predicted molar refractivity (Wildman–Crippen MR) is 85.4 cm³/mol. The summed E-state index contributed by atoms with van der Waals surface area (Å²) >= 11 is 0. The van der Waals surface area contributed by atoms with Gasteiger partial charge in [0.15, 0.2) is 9.84 Å². The molecule has 2 aliphatic rings. The Morgan fingerprint density at radius 2 is 1.91 bits per heavy atom. The van der Waals surface area contributed by atoms with Crippen molar-refractivity contribution in [3.05, 3.63) is 0 Å². The van der Waals surface area contributed by atoms with Crippen molar-refractivity contribution < 1.29 is 18.3 Å². The van der Waals surface area contributed by atoms with Crippen molar-refractivity contribution in [2.75, 3.05) is 24.7 Å². The molecule has 0 aromatic heterocycles. The van der Waals surface area contributed by atoms with Crippen LogP contribution in [0.5, 0.6) is 0 Å². The summed E-state index contributed by atoms with van der Waals surface area (Å²) in [6.45, 7) is 2.18. The summed E-state index contributed by atoms with van der Waals surface area (Å²) in [6.07, 6.45) is 6.17. The van der Waals surface area contributed by atoms with Crippen molar-refractivity contribution in [3.8, 4) is 0 Å². The molecule has 1 aliphatic heterocycles. The van der Waals surface area contributed by atoms with Crippen LogP contribution in [0.15, 0.2) is 0 Å². The van der Waals surface area contributed by atoms with Gasteiger partial charge in [-0.1, -0.05) is 19.3 Å². The average Bonchev–Trinajstić information content (AvgIpc) is 2.85. The molecule has 0 unspecified atom stereocenters. The Morgan fingerprint density at radius 1 is 1.23 bits per heavy atom. The number of urea groups is 1. The van der Waals surface area contributed by atoms with Crippen molar-refractivity contribution in [1.29, 1.82) is 0 Å². The Bertz CT molecular complexity index is 488. The third-order valence-electron chi connectivity index (χ3n) is 5.11. The molecule has 6 nitrogen and oxygen atoms in total. The highest BCUT2D eigenvalue weighted by Crippen LogP contribution is 2.32. The number of carbonyl (C=O) groups excluding carboxylic acids is 1. The fourth-order valence-electron chi connectivity index (χ4n) is 3.58. The molecule has 0 radical (unpaired) electrons. The summed E-state index contributed by atoms with van der Waals surface area (Å²) in [7, 11) is -2.91. The lowest BCUT2D eigenvalue weighted by Gasteiger charge is -2.39. The molecule has 0 bridgehead atoms. The van der Waals surface area contributed by atoms with E-state index in [-0.39, 0.29) is 30.1 Å². The van der Waals surface area contributed by atoms with Crippen LogP contribution in [0.3, 0.4) is 0 Å². The molecule has 2 atom stereocenters. The van der Waals surface area contributed by atoms with E-state index in [0.29, 0.717) is 18.9 Å². The molecule has 0 spiro atoms. The molecule has 7 heteroatoms. The van der Waals surface area contributed by atoms with Gasteiger partial charge in [-0.25, -0.2) is 13.2 Å². The van der Waals surface area contributed by atoms with Gasteiger partial charge in [0.25, 0.3) is 0 Å². The van der Waals surface area contributed by atoms with Crippen molar-refractivity contribution in [1.82, 2.24) is 10.6 Å². The first kappa shape index (κ1) is 17.5. The van der Waals surface area contributed by atoms with E-state index in [4.69, 9.17) is 0 Å². The molecular weight excluding hydrogens is 304 g/mol. The van der Waals surface area contributed by atoms with Crippen LogP contribution in [0.25, 0.3) is 0 Å². The van der Waals surface area contributed by atoms with Gasteiger partial charge in [0, 0.05) is 6.54 Å². The van der Waals surface area contributed by atoms with Gasteiger partial charge in [0.2, 0.25) is 0 Å². The number of hydrogen-bond donors (Lipinski definition) is 3. The van der Waals surface area contributed by atoms with E-state index in [0.717, 1.165) is 25.7 Å². The van der Waals surface area contributed by atoms with Crippen molar-refractivity contribution in [3.63, 3.8) is 0 Å². The summed E-state index contributed by atoms with van der Waals surface area (Å²) in [5.41, 5.74) is -0.605. The van der Waals surface area contributed by atoms with E-state index in [1.54, 1.807) is 0 Å². The first-order valence-corrected chi connectivity index (χ1v) is 10.0. The summed E-state index contributed by atoms with van der Waals surface area (Å²) in [6, 6.07) is -0.313. The number of sulfone groups is 1. The summed E-state index contributed by atoms with van der Waals surface area (Å²) in [5, 5.41) is 15.4. The molecule has 128 valence electrons. The van der Waals surface area contributed by atoms with Gasteiger partial charge in [0.05, 0.1) is 23.7 Å². The Balaban J connectivity index is 1.81. The first-order valence-electron chi connectivity index (χ1n) is 8.22. The molecule has 2 fully saturated rings. The second-order valence-electron chi connectivity index (χ2n) is 7.01. The topological polar surface area (TPSA) is 95.5 Å². The first-order chi connectivity index (χ1) is 10.3. The molecule has 2 rings (SSSR count). The van der Waals surface area contributed by atoms with Crippen LogP contribution in [0.1, 0.15) is 45.4 Å². The molecular formula is C15H28N2O4S. The average molecular weight is 332 g/mol. The SMILES string of the molecule is C[C@](CO)(NC(=O)NC[C@@H]1CCS(=O)(=O)C1)C1CCCCC1. The lowest BCUT2D eigenvalue weighted by atomic mass is 9.76. The fraction of sp³-hybridized carbons (Fsp3) is 0.933. The zero-order valence-electron chi connectivity index (χ0n) is 13.3. The van der Waals surface area contributed by atoms with Crippen molar-refractivity contribution in [2.45, 2.75) is 51.0 Å². The van der Waals surface area contributed by atoms with E-state index in [1.807, 2.05) is 6.92 Å². The molecule has 2 amide bonds. The van der Waals surface area contributed by atoms with Gasteiger partial charge in [-0.15, -0.1) is 0 Å². The number of carbonyl (C=O) groups is 1. The molecule has 1 saturated heterocycles. The van der Waals surface area contributed by atoms with Crippen LogP contribution in [0.4, 0.5) is 4.79 Å². The summed E-state index contributed by atoms with van der Waals surface area (Å²) in [5.74, 6) is 0.680. The van der Waals surface area contributed by atoms with Gasteiger partial charge in [-0.05, 0) is 38.0 Å². The second kappa shape index (κ2) is 7.17. The number of nitrogens with one attached hydrogen (secondary N) is 2. The van der Waals surface area contributed by atoms with Crippen LogP contribution in [-0.2, 0) is 9.84 Å². The highest BCUT2D eigenvalue weighted by molar-refractivity contribution is 7.91. The number of aliphatic hydroxyl groups excluding tert-OH is 1. The lowest BCUT2D eigenvalue weighted by Crippen LogP contribution is -2.57. The fourth-order valence-corrected chi connectivity index (χ4v) is 5.45. The highest BCUT2D eigenvalue weighted by Gasteiger charge is 2.36. The second-order valence-corrected chi connectivity index (χ2v) is 9.24. The maximum Gasteiger partial charge on any atom is 0.315 e. The molecule has 0 aromatic rings. The van der Waals surface area contributed by atoms with Gasteiger partial charge < -0.3 is 15.7 Å². The summed E-state index contributed by atoms with van der Waals surface area (Å²) < 4.78 is 22.8. The van der Waals surface area contributed by atoms with E-state index >= 15 is 0 Å². The van der Waals surface area contributed by atoms with Gasteiger partial charge in [0.1, 0.15) is 0 Å². The third-order valence-corrected chi connectivity index (χ3v) is 6.95. The predicted octanol–water partition coefficient (Wildman–Crippen LogP) is 1.05. The van der Waals surface area contributed by atoms with Crippen LogP contribution < -0.4 is 10.6 Å².